The summed E-state index contributed by atoms with van der Waals surface area (Å²) in [5, 5.41) is 9.19. The number of carbonyl (C=O) groups excluding carboxylic acids is 1. The number of hydrogen-bond acceptors (Lipinski definition) is 3. The summed E-state index contributed by atoms with van der Waals surface area (Å²) in [7, 11) is 0. The lowest BCUT2D eigenvalue weighted by molar-refractivity contribution is -0.115. The standard InChI is InChI=1S/C9H17NO3/c1-3-4-5-13-8(11)6-7(2)9(10)12/h6,8,11H,3-5H2,1-2H3,(H2,10,12)/b7-6-. The summed E-state index contributed by atoms with van der Waals surface area (Å²) < 4.78 is 4.97. The Morgan fingerprint density at radius 1 is 1.69 bits per heavy atom. The minimum Gasteiger partial charge on any atom is -0.366 e. The summed E-state index contributed by atoms with van der Waals surface area (Å²) in [5.41, 5.74) is 5.27. The maximum atomic E-state index is 10.6. The van der Waals surface area contributed by atoms with E-state index in [1.54, 1.807) is 0 Å². The Bertz CT molecular complexity index is 189. The predicted molar refractivity (Wildman–Crippen MR) is 49.8 cm³/mol. The lowest BCUT2D eigenvalue weighted by Crippen LogP contribution is -2.16. The zero-order chi connectivity index (χ0) is 10.3. The van der Waals surface area contributed by atoms with Crippen molar-refractivity contribution in [3.05, 3.63) is 11.6 Å². The van der Waals surface area contributed by atoms with Crippen molar-refractivity contribution in [2.24, 2.45) is 5.73 Å². The molecule has 76 valence electrons. The first-order valence-electron chi connectivity index (χ1n) is 4.35. The molecule has 4 nitrogen and oxygen atoms in total. The SMILES string of the molecule is CCCCOC(O)/C=C(/C)C(N)=O. The normalized spacial score (nSPS) is 14.2. The van der Waals surface area contributed by atoms with Gasteiger partial charge in [-0.1, -0.05) is 13.3 Å². The molecule has 0 aliphatic carbocycles. The summed E-state index contributed by atoms with van der Waals surface area (Å²) >= 11 is 0. The number of nitrogens with two attached hydrogens (primary N) is 1. The smallest absolute Gasteiger partial charge is 0.244 e. The molecule has 0 aromatic rings. The second kappa shape index (κ2) is 6.62. The van der Waals surface area contributed by atoms with E-state index in [0.29, 0.717) is 12.2 Å². The van der Waals surface area contributed by atoms with Crippen LogP contribution in [0.4, 0.5) is 0 Å². The average molecular weight is 187 g/mol. The van der Waals surface area contributed by atoms with Crippen molar-refractivity contribution in [2.75, 3.05) is 6.61 Å². The first-order valence-corrected chi connectivity index (χ1v) is 4.35. The number of aliphatic hydroxyl groups excluding tert-OH is 1. The van der Waals surface area contributed by atoms with E-state index in [1.807, 2.05) is 6.92 Å². The van der Waals surface area contributed by atoms with Gasteiger partial charge < -0.3 is 15.6 Å². The summed E-state index contributed by atoms with van der Waals surface area (Å²) in [6.45, 7) is 4.05. The van der Waals surface area contributed by atoms with Gasteiger partial charge >= 0.3 is 0 Å². The zero-order valence-corrected chi connectivity index (χ0v) is 8.12. The van der Waals surface area contributed by atoms with Crippen molar-refractivity contribution in [1.29, 1.82) is 0 Å². The van der Waals surface area contributed by atoms with E-state index in [0.717, 1.165) is 12.8 Å². The molecule has 0 aromatic carbocycles. The second-order valence-electron chi connectivity index (χ2n) is 2.83. The van der Waals surface area contributed by atoms with Crippen LogP contribution in [0, 0.1) is 0 Å². The Morgan fingerprint density at radius 3 is 2.77 bits per heavy atom. The van der Waals surface area contributed by atoms with E-state index < -0.39 is 12.2 Å². The minimum absolute atomic E-state index is 0.309. The topological polar surface area (TPSA) is 72.6 Å². The fraction of sp³-hybridized carbons (Fsp3) is 0.667. The summed E-state index contributed by atoms with van der Waals surface area (Å²) in [6, 6.07) is 0. The van der Waals surface area contributed by atoms with Crippen molar-refractivity contribution < 1.29 is 14.6 Å². The molecule has 0 spiro atoms. The average Bonchev–Trinajstić information content (AvgIpc) is 2.04. The largest absolute Gasteiger partial charge is 0.366 e. The molecular formula is C9H17NO3. The van der Waals surface area contributed by atoms with E-state index in [1.165, 1.54) is 13.0 Å². The van der Waals surface area contributed by atoms with E-state index in [9.17, 15) is 9.90 Å². The fourth-order valence-corrected chi connectivity index (χ4v) is 0.693. The van der Waals surface area contributed by atoms with Crippen LogP contribution in [0.5, 0.6) is 0 Å². The Hall–Kier alpha value is -0.870. The number of hydrogen-bond donors (Lipinski definition) is 2. The van der Waals surface area contributed by atoms with Crippen molar-refractivity contribution in [3.8, 4) is 0 Å². The number of rotatable bonds is 6. The monoisotopic (exact) mass is 187 g/mol. The van der Waals surface area contributed by atoms with E-state index in [2.05, 4.69) is 0 Å². The Balaban J connectivity index is 3.78. The molecule has 0 aliphatic rings. The van der Waals surface area contributed by atoms with Gasteiger partial charge in [0.2, 0.25) is 5.91 Å². The van der Waals surface area contributed by atoms with Crippen molar-refractivity contribution >= 4 is 5.91 Å². The lowest BCUT2D eigenvalue weighted by atomic mass is 10.2. The van der Waals surface area contributed by atoms with Gasteiger partial charge in [0, 0.05) is 5.57 Å². The highest BCUT2D eigenvalue weighted by Gasteiger charge is 2.03. The van der Waals surface area contributed by atoms with Gasteiger partial charge in [-0.3, -0.25) is 4.79 Å². The first kappa shape index (κ1) is 12.1. The first-order chi connectivity index (χ1) is 6.07. The number of unbranched alkanes of at least 4 members (excludes halogenated alkanes) is 1. The van der Waals surface area contributed by atoms with Gasteiger partial charge in [0.25, 0.3) is 0 Å². The quantitative estimate of drug-likeness (QED) is 0.362. The maximum Gasteiger partial charge on any atom is 0.244 e. The van der Waals surface area contributed by atoms with E-state index in [-0.39, 0.29) is 0 Å². The van der Waals surface area contributed by atoms with Gasteiger partial charge in [0.05, 0.1) is 6.61 Å². The third kappa shape index (κ3) is 6.31. The highest BCUT2D eigenvalue weighted by atomic mass is 16.6. The minimum atomic E-state index is -1.03. The molecule has 0 rings (SSSR count). The molecular weight excluding hydrogens is 170 g/mol. The van der Waals surface area contributed by atoms with Crippen LogP contribution in [0.25, 0.3) is 0 Å². The van der Waals surface area contributed by atoms with Crippen LogP contribution in [0.15, 0.2) is 11.6 Å². The molecule has 0 saturated carbocycles. The van der Waals surface area contributed by atoms with Crippen LogP contribution in [-0.4, -0.2) is 23.9 Å². The van der Waals surface area contributed by atoms with Crippen molar-refractivity contribution in [3.63, 3.8) is 0 Å². The third-order valence-corrected chi connectivity index (χ3v) is 1.57. The van der Waals surface area contributed by atoms with Gasteiger partial charge in [-0.2, -0.15) is 0 Å². The van der Waals surface area contributed by atoms with Crippen LogP contribution in [0.3, 0.4) is 0 Å². The summed E-state index contributed by atoms with van der Waals surface area (Å²) in [5.74, 6) is -0.543. The van der Waals surface area contributed by atoms with Crippen LogP contribution in [0.1, 0.15) is 26.7 Å². The molecule has 1 atom stereocenters. The number of aliphatic hydroxyl groups is 1. The van der Waals surface area contributed by atoms with Crippen molar-refractivity contribution in [2.45, 2.75) is 33.0 Å². The Labute approximate surface area is 78.4 Å². The van der Waals surface area contributed by atoms with Crippen molar-refractivity contribution in [1.82, 2.24) is 0 Å². The molecule has 0 aromatic heterocycles. The summed E-state index contributed by atoms with van der Waals surface area (Å²) in [4.78, 5) is 10.6. The maximum absolute atomic E-state index is 10.6. The zero-order valence-electron chi connectivity index (χ0n) is 8.12. The van der Waals surface area contributed by atoms with E-state index >= 15 is 0 Å². The van der Waals surface area contributed by atoms with Crippen LogP contribution in [0.2, 0.25) is 0 Å². The van der Waals surface area contributed by atoms with Crippen LogP contribution < -0.4 is 5.73 Å². The molecule has 13 heavy (non-hydrogen) atoms. The highest BCUT2D eigenvalue weighted by Crippen LogP contribution is 1.98. The summed E-state index contributed by atoms with van der Waals surface area (Å²) in [6.07, 6.45) is 2.17. The molecule has 0 heterocycles. The number of primary amides is 1. The van der Waals surface area contributed by atoms with Crippen LogP contribution >= 0.6 is 0 Å². The third-order valence-electron chi connectivity index (χ3n) is 1.57. The molecule has 4 heteroatoms. The Kier molecular flexibility index (Phi) is 6.18. The molecule has 0 bridgehead atoms. The molecule has 0 fully saturated rings. The number of carbonyl (C=O) groups is 1. The number of ether oxygens (including phenoxy) is 1. The molecule has 1 amide bonds. The fourth-order valence-electron chi connectivity index (χ4n) is 0.693. The molecule has 3 N–H and O–H groups in total. The molecule has 1 unspecified atom stereocenters. The molecule has 0 aliphatic heterocycles. The lowest BCUT2D eigenvalue weighted by Gasteiger charge is -2.07. The molecule has 0 radical (unpaired) electrons. The highest BCUT2D eigenvalue weighted by molar-refractivity contribution is 5.91. The van der Waals surface area contributed by atoms with E-state index in [4.69, 9.17) is 10.5 Å². The number of amides is 1. The Morgan fingerprint density at radius 2 is 2.31 bits per heavy atom. The van der Waals surface area contributed by atoms with Crippen LogP contribution in [-0.2, 0) is 9.53 Å². The predicted octanol–water partition coefficient (Wildman–Crippen LogP) is 0.553. The van der Waals surface area contributed by atoms with Gasteiger partial charge in [0.1, 0.15) is 0 Å². The van der Waals surface area contributed by atoms with Gasteiger partial charge in [0.15, 0.2) is 6.29 Å². The molecule has 0 saturated heterocycles. The van der Waals surface area contributed by atoms with Gasteiger partial charge in [-0.05, 0) is 19.4 Å². The van der Waals surface area contributed by atoms with Gasteiger partial charge in [-0.25, -0.2) is 0 Å². The van der Waals surface area contributed by atoms with Gasteiger partial charge in [-0.15, -0.1) is 0 Å². The second-order valence-corrected chi connectivity index (χ2v) is 2.83.